The summed E-state index contributed by atoms with van der Waals surface area (Å²) < 4.78 is 53.0. The number of ether oxygens (including phenoxy) is 2. The van der Waals surface area contributed by atoms with Gasteiger partial charge in [-0.3, -0.25) is 4.18 Å². The first-order valence-corrected chi connectivity index (χ1v) is 18.1. The Balaban J connectivity index is 0.00000461. The zero-order valence-electron chi connectivity index (χ0n) is 27.8. The molecule has 0 aromatic heterocycles. The minimum absolute atomic E-state index is 0. The Kier molecular flexibility index (Phi) is 12.3. The topological polar surface area (TPSA) is 186 Å². The molecular formula is C32H55NaO11S. The van der Waals surface area contributed by atoms with E-state index in [4.69, 9.17) is 13.7 Å². The molecule has 0 spiro atoms. The van der Waals surface area contributed by atoms with E-state index in [0.717, 1.165) is 25.7 Å². The van der Waals surface area contributed by atoms with Crippen LogP contribution in [0.3, 0.4) is 0 Å². The van der Waals surface area contributed by atoms with Gasteiger partial charge in [0, 0.05) is 0 Å². The standard InChI is InChI=1S/C32H56O11S.Na/c1-16(2)25(42-30-29(37)28(36)24(35)15-41-30)7-6-17(3)21-14-26(43-44(38,39)40)27-19-13-23(34)22-12-18(33)8-10-31(22,4)20(19)9-11-32(21,27)5;/h16-30,33-37H,6-15H2,1-5H3,(H,38,39,40);/q;+1/p-1/t17-,18+,19?,20?,21-,22?,23+,24?,25+,26+,27?,28?,29?,30?,31-,32-;/m1./s1. The Labute approximate surface area is 291 Å². The summed E-state index contributed by atoms with van der Waals surface area (Å²) in [5.41, 5.74) is -0.450. The Morgan fingerprint density at radius 3 is 2.20 bits per heavy atom. The van der Waals surface area contributed by atoms with Crippen molar-refractivity contribution in [2.45, 2.75) is 141 Å². The predicted octanol–water partition coefficient (Wildman–Crippen LogP) is -0.667. The molecule has 0 aromatic carbocycles. The van der Waals surface area contributed by atoms with Gasteiger partial charge >= 0.3 is 29.6 Å². The summed E-state index contributed by atoms with van der Waals surface area (Å²) in [6.45, 7) is 10.5. The van der Waals surface area contributed by atoms with Crippen molar-refractivity contribution in [3.63, 3.8) is 0 Å². The van der Waals surface area contributed by atoms with E-state index in [2.05, 4.69) is 20.8 Å². The summed E-state index contributed by atoms with van der Waals surface area (Å²) in [4.78, 5) is 0. The van der Waals surface area contributed by atoms with Crippen molar-refractivity contribution in [3.8, 4) is 0 Å². The van der Waals surface area contributed by atoms with E-state index in [0.29, 0.717) is 32.1 Å². The fraction of sp³-hybridized carbons (Fsp3) is 1.00. The SMILES string of the molecule is CC(C)[C@H](CC[C@@H](C)[C@H]1C[C@H](OS(=O)(=O)[O-])C2C3C[C@H](O)C4C[C@@H](O)CC[C@]4(C)C3CC[C@@]21C)OC1OCC(O)C(O)C1O.[Na+]. The van der Waals surface area contributed by atoms with E-state index >= 15 is 0 Å². The Morgan fingerprint density at radius 1 is 0.889 bits per heavy atom. The van der Waals surface area contributed by atoms with E-state index in [1.807, 2.05) is 13.8 Å². The van der Waals surface area contributed by atoms with Crippen LogP contribution in [-0.2, 0) is 24.1 Å². The van der Waals surface area contributed by atoms with Crippen LogP contribution < -0.4 is 29.6 Å². The van der Waals surface area contributed by atoms with Gasteiger partial charge in [0.25, 0.3) is 0 Å². The normalized spacial score (nSPS) is 48.1. The molecule has 5 fully saturated rings. The van der Waals surface area contributed by atoms with Crippen LogP contribution in [0.15, 0.2) is 0 Å². The monoisotopic (exact) mass is 670 g/mol. The van der Waals surface area contributed by atoms with Crippen LogP contribution in [0.5, 0.6) is 0 Å². The first-order valence-electron chi connectivity index (χ1n) is 16.8. The van der Waals surface area contributed by atoms with Crippen molar-refractivity contribution < 1.29 is 81.7 Å². The molecule has 0 radical (unpaired) electrons. The maximum atomic E-state index is 12.0. The largest absolute Gasteiger partial charge is 1.00 e. The molecule has 8 unspecified atom stereocenters. The maximum absolute atomic E-state index is 12.0. The fourth-order valence-electron chi connectivity index (χ4n) is 10.7. The molecule has 1 aliphatic heterocycles. The minimum Gasteiger partial charge on any atom is -0.726 e. The van der Waals surface area contributed by atoms with Gasteiger partial charge < -0.3 is 39.6 Å². The molecule has 0 aromatic rings. The van der Waals surface area contributed by atoms with E-state index in [1.165, 1.54) is 0 Å². The third-order valence-electron chi connectivity index (χ3n) is 13.0. The molecule has 4 saturated carbocycles. The van der Waals surface area contributed by atoms with Gasteiger partial charge in [-0.25, -0.2) is 8.42 Å². The smallest absolute Gasteiger partial charge is 0.726 e. The molecule has 11 nitrogen and oxygen atoms in total. The van der Waals surface area contributed by atoms with Crippen molar-refractivity contribution in [2.75, 3.05) is 6.61 Å². The summed E-state index contributed by atoms with van der Waals surface area (Å²) in [5, 5.41) is 52.1. The Bertz CT molecular complexity index is 1110. The van der Waals surface area contributed by atoms with Gasteiger partial charge in [0.2, 0.25) is 10.4 Å². The van der Waals surface area contributed by atoms with Gasteiger partial charge in [-0.15, -0.1) is 0 Å². The van der Waals surface area contributed by atoms with Crippen LogP contribution in [0.2, 0.25) is 0 Å². The van der Waals surface area contributed by atoms with Crippen molar-refractivity contribution in [1.82, 2.24) is 0 Å². The summed E-state index contributed by atoms with van der Waals surface area (Å²) >= 11 is 0. The van der Waals surface area contributed by atoms with Crippen molar-refractivity contribution >= 4 is 10.4 Å². The van der Waals surface area contributed by atoms with Gasteiger partial charge in [0.15, 0.2) is 6.29 Å². The van der Waals surface area contributed by atoms with Crippen LogP contribution >= 0.6 is 0 Å². The van der Waals surface area contributed by atoms with Crippen LogP contribution in [0.1, 0.15) is 92.4 Å². The van der Waals surface area contributed by atoms with Crippen molar-refractivity contribution in [2.24, 2.45) is 52.3 Å². The summed E-state index contributed by atoms with van der Waals surface area (Å²) in [6.07, 6.45) is -0.716. The summed E-state index contributed by atoms with van der Waals surface area (Å²) in [5.74, 6) is 0.383. The number of hydrogen-bond acceptors (Lipinski definition) is 11. The minimum atomic E-state index is -4.94. The average molecular weight is 671 g/mol. The van der Waals surface area contributed by atoms with Gasteiger partial charge in [0.05, 0.1) is 31.0 Å². The molecule has 5 rings (SSSR count). The third kappa shape index (κ3) is 7.54. The van der Waals surface area contributed by atoms with E-state index in [9.17, 15) is 38.5 Å². The van der Waals surface area contributed by atoms with Crippen molar-refractivity contribution in [1.29, 1.82) is 0 Å². The van der Waals surface area contributed by atoms with Crippen molar-refractivity contribution in [3.05, 3.63) is 0 Å². The molecule has 1 saturated heterocycles. The van der Waals surface area contributed by atoms with Gasteiger partial charge in [-0.05, 0) is 110 Å². The average Bonchev–Trinajstić information content (AvgIpc) is 3.22. The molecule has 16 atom stereocenters. The number of aliphatic hydroxyl groups excluding tert-OH is 5. The van der Waals surface area contributed by atoms with E-state index < -0.39 is 53.3 Å². The Hall–Kier alpha value is 0.590. The molecule has 5 N–H and O–H groups in total. The zero-order valence-corrected chi connectivity index (χ0v) is 30.6. The van der Waals surface area contributed by atoms with Crippen LogP contribution in [0.4, 0.5) is 0 Å². The van der Waals surface area contributed by atoms with Gasteiger partial charge in [-0.2, -0.15) is 0 Å². The number of hydrogen-bond donors (Lipinski definition) is 5. The van der Waals surface area contributed by atoms with Gasteiger partial charge in [0.1, 0.15) is 18.3 Å². The fourth-order valence-corrected chi connectivity index (χ4v) is 11.3. The summed E-state index contributed by atoms with van der Waals surface area (Å²) in [6, 6.07) is 0. The summed E-state index contributed by atoms with van der Waals surface area (Å²) in [7, 11) is -4.94. The van der Waals surface area contributed by atoms with Crippen LogP contribution in [0, 0.1) is 52.3 Å². The Morgan fingerprint density at radius 2 is 1.56 bits per heavy atom. The molecular weight excluding hydrogens is 615 g/mol. The quantitative estimate of drug-likeness (QED) is 0.119. The molecule has 1 heterocycles. The first-order chi connectivity index (χ1) is 20.5. The van der Waals surface area contributed by atoms with Gasteiger partial charge in [-0.1, -0.05) is 34.6 Å². The second kappa shape index (κ2) is 14.4. The predicted molar refractivity (Wildman–Crippen MR) is 158 cm³/mol. The molecule has 256 valence electrons. The molecule has 5 aliphatic rings. The second-order valence-electron chi connectivity index (χ2n) is 15.8. The second-order valence-corrected chi connectivity index (χ2v) is 16.8. The number of rotatable bonds is 9. The zero-order chi connectivity index (χ0) is 32.4. The van der Waals surface area contributed by atoms with Crippen LogP contribution in [0.25, 0.3) is 0 Å². The molecule has 13 heteroatoms. The molecule has 45 heavy (non-hydrogen) atoms. The first kappa shape index (κ1) is 38.4. The number of fused-ring (bicyclic) bond motifs is 5. The number of aliphatic hydroxyl groups is 5. The molecule has 0 bridgehead atoms. The van der Waals surface area contributed by atoms with Crippen LogP contribution in [-0.4, -0.2) is 94.1 Å². The third-order valence-corrected chi connectivity index (χ3v) is 13.5. The molecule has 0 amide bonds. The molecule has 4 aliphatic carbocycles. The van der Waals surface area contributed by atoms with E-state index in [-0.39, 0.29) is 94.5 Å². The maximum Gasteiger partial charge on any atom is 1.00 e. The van der Waals surface area contributed by atoms with E-state index in [1.54, 1.807) is 0 Å².